The molecule has 2 heterocycles. The molecule has 0 radical (unpaired) electrons. The molecule has 2 aromatic carbocycles. The van der Waals surface area contributed by atoms with Crippen LogP contribution in [0.15, 0.2) is 42.6 Å². The Hall–Kier alpha value is -3.25. The fourth-order valence-corrected chi connectivity index (χ4v) is 5.52. The van der Waals surface area contributed by atoms with Crippen molar-refractivity contribution < 1.29 is 23.4 Å². The van der Waals surface area contributed by atoms with E-state index in [0.717, 1.165) is 41.9 Å². The number of pyridine rings is 1. The second-order valence-electron chi connectivity index (χ2n) is 9.69. The van der Waals surface area contributed by atoms with Gasteiger partial charge >= 0.3 is 5.97 Å². The maximum atomic E-state index is 13.4. The summed E-state index contributed by atoms with van der Waals surface area (Å²) in [7, 11) is 1.60. The van der Waals surface area contributed by atoms with Crippen molar-refractivity contribution >= 4 is 28.5 Å². The Morgan fingerprint density at radius 1 is 1.26 bits per heavy atom. The summed E-state index contributed by atoms with van der Waals surface area (Å²) in [4.78, 5) is 18.1. The molecule has 1 saturated heterocycles. The Labute approximate surface area is 225 Å². The summed E-state index contributed by atoms with van der Waals surface area (Å²) < 4.78 is 32.2. The summed E-state index contributed by atoms with van der Waals surface area (Å²) in [6, 6.07) is 8.42. The number of nitrogens with zero attached hydrogens (tertiary/aromatic N) is 2. The lowest BCUT2D eigenvalue weighted by Crippen LogP contribution is -2.41. The first kappa shape index (κ1) is 27.8. The first-order valence-electron chi connectivity index (χ1n) is 12.5. The zero-order valence-corrected chi connectivity index (χ0v) is 21.8. The molecule has 9 heteroatoms. The summed E-state index contributed by atoms with van der Waals surface area (Å²) >= 11 is 6.52. The molecule has 1 aliphatic heterocycles. The Kier molecular flexibility index (Phi) is 9.16. The minimum atomic E-state index is -0.845. The predicted molar refractivity (Wildman–Crippen MR) is 143 cm³/mol. The average Bonchev–Trinajstić information content (AvgIpc) is 2.86. The van der Waals surface area contributed by atoms with E-state index in [1.54, 1.807) is 13.3 Å². The van der Waals surface area contributed by atoms with Gasteiger partial charge in [0.25, 0.3) is 0 Å². The molecule has 1 fully saturated rings. The SMILES string of the molecule is COc1ccc2ncc(Cl)c(C(N)CCC3CCN(CC#Cc4cc(F)cc(F)c4)CC3CC(=O)O)c2c1. The molecule has 3 N–H and O–H groups in total. The standard InChI is InChI=1S/C29H30ClF2N3O3/c1-38-23-5-7-27-24(15-23)29(25(30)16-34-27)26(33)6-4-19-8-10-35(17-20(19)13-28(36)37)9-2-3-18-11-21(31)14-22(32)12-18/h5,7,11-12,14-16,19-20,26H,4,6,8-10,13,17,33H2,1H3,(H,36,37). The highest BCUT2D eigenvalue weighted by molar-refractivity contribution is 6.32. The highest BCUT2D eigenvalue weighted by Gasteiger charge is 2.31. The van der Waals surface area contributed by atoms with Gasteiger partial charge in [-0.25, -0.2) is 8.78 Å². The number of ether oxygens (including phenoxy) is 1. The molecule has 38 heavy (non-hydrogen) atoms. The summed E-state index contributed by atoms with van der Waals surface area (Å²) in [6.45, 7) is 1.72. The van der Waals surface area contributed by atoms with Crippen LogP contribution in [0, 0.1) is 35.3 Å². The normalized spacial score (nSPS) is 18.6. The van der Waals surface area contributed by atoms with Crippen molar-refractivity contribution in [3.05, 3.63) is 70.4 Å². The van der Waals surface area contributed by atoms with Gasteiger partial charge in [0, 0.05) is 42.2 Å². The number of nitrogens with two attached hydrogens (primary N) is 1. The number of hydrogen-bond acceptors (Lipinski definition) is 5. The van der Waals surface area contributed by atoms with Crippen molar-refractivity contribution in [2.75, 3.05) is 26.7 Å². The van der Waals surface area contributed by atoms with Gasteiger partial charge in [0.2, 0.25) is 0 Å². The second-order valence-corrected chi connectivity index (χ2v) is 10.1. The molecule has 200 valence electrons. The van der Waals surface area contributed by atoms with Crippen molar-refractivity contribution in [2.45, 2.75) is 31.7 Å². The Bertz CT molecular complexity index is 1350. The first-order chi connectivity index (χ1) is 18.2. The fraction of sp³-hybridized carbons (Fsp3) is 0.379. The molecule has 1 aromatic heterocycles. The zero-order valence-electron chi connectivity index (χ0n) is 21.1. The molecule has 4 rings (SSSR count). The van der Waals surface area contributed by atoms with E-state index < -0.39 is 17.6 Å². The molecule has 0 bridgehead atoms. The Balaban J connectivity index is 1.42. The van der Waals surface area contributed by atoms with E-state index in [1.165, 1.54) is 12.1 Å². The van der Waals surface area contributed by atoms with Crippen LogP contribution in [0.3, 0.4) is 0 Å². The van der Waals surface area contributed by atoms with Crippen molar-refractivity contribution in [1.82, 2.24) is 9.88 Å². The molecule has 3 atom stereocenters. The largest absolute Gasteiger partial charge is 0.497 e. The van der Waals surface area contributed by atoms with Crippen LogP contribution in [0.4, 0.5) is 8.78 Å². The summed E-state index contributed by atoms with van der Waals surface area (Å²) in [5.74, 6) is 4.38. The number of fused-ring (bicyclic) bond motifs is 1. The maximum absolute atomic E-state index is 13.4. The lowest BCUT2D eigenvalue weighted by Gasteiger charge is -2.37. The highest BCUT2D eigenvalue weighted by Crippen LogP contribution is 2.36. The Morgan fingerprint density at radius 3 is 2.74 bits per heavy atom. The topological polar surface area (TPSA) is 88.7 Å². The van der Waals surface area contributed by atoms with Crippen LogP contribution in [0.25, 0.3) is 10.9 Å². The predicted octanol–water partition coefficient (Wildman–Crippen LogP) is 5.42. The van der Waals surface area contributed by atoms with E-state index in [0.29, 0.717) is 30.3 Å². The lowest BCUT2D eigenvalue weighted by atomic mass is 9.79. The number of rotatable bonds is 8. The van der Waals surface area contributed by atoms with E-state index in [9.17, 15) is 18.7 Å². The number of carboxylic acid groups (broad SMARTS) is 1. The third-order valence-corrected chi connectivity index (χ3v) is 7.40. The fourth-order valence-electron chi connectivity index (χ4n) is 5.22. The van der Waals surface area contributed by atoms with E-state index in [4.69, 9.17) is 22.1 Å². The molecule has 0 saturated carbocycles. The van der Waals surface area contributed by atoms with E-state index in [1.807, 2.05) is 18.2 Å². The molecule has 0 spiro atoms. The van der Waals surface area contributed by atoms with Crippen LogP contribution in [-0.2, 0) is 4.79 Å². The third kappa shape index (κ3) is 6.98. The number of aliphatic carboxylic acids is 1. The van der Waals surface area contributed by atoms with Gasteiger partial charge in [-0.2, -0.15) is 0 Å². The molecule has 0 amide bonds. The van der Waals surface area contributed by atoms with Crippen LogP contribution in [0.2, 0.25) is 5.02 Å². The van der Waals surface area contributed by atoms with Gasteiger partial charge in [-0.05, 0) is 73.5 Å². The number of carboxylic acids is 1. The summed E-state index contributed by atoms with van der Waals surface area (Å²) in [5.41, 5.74) is 8.50. The van der Waals surface area contributed by atoms with E-state index in [-0.39, 0.29) is 29.9 Å². The lowest BCUT2D eigenvalue weighted by molar-refractivity contribution is -0.139. The molecule has 1 aliphatic rings. The van der Waals surface area contributed by atoms with Crippen molar-refractivity contribution in [2.24, 2.45) is 17.6 Å². The monoisotopic (exact) mass is 541 g/mol. The number of piperidine rings is 1. The van der Waals surface area contributed by atoms with Crippen LogP contribution < -0.4 is 10.5 Å². The van der Waals surface area contributed by atoms with Gasteiger partial charge in [-0.15, -0.1) is 0 Å². The smallest absolute Gasteiger partial charge is 0.303 e. The molecule has 6 nitrogen and oxygen atoms in total. The number of methoxy groups -OCH3 is 1. The quantitative estimate of drug-likeness (QED) is 0.370. The molecular formula is C29H30ClF2N3O3. The number of carbonyl (C=O) groups is 1. The number of likely N-dealkylation sites (tertiary alicyclic amines) is 1. The first-order valence-corrected chi connectivity index (χ1v) is 12.9. The van der Waals surface area contributed by atoms with Gasteiger partial charge in [0.1, 0.15) is 17.4 Å². The van der Waals surface area contributed by atoms with Crippen LogP contribution >= 0.6 is 11.6 Å². The highest BCUT2D eigenvalue weighted by atomic mass is 35.5. The van der Waals surface area contributed by atoms with E-state index in [2.05, 4.69) is 21.7 Å². The van der Waals surface area contributed by atoms with Gasteiger partial charge in [0.05, 0.1) is 24.2 Å². The molecular weight excluding hydrogens is 512 g/mol. The zero-order chi connectivity index (χ0) is 27.2. The van der Waals surface area contributed by atoms with Crippen LogP contribution in [0.5, 0.6) is 5.75 Å². The van der Waals surface area contributed by atoms with Crippen LogP contribution in [0.1, 0.15) is 42.9 Å². The van der Waals surface area contributed by atoms with Crippen molar-refractivity contribution in [3.63, 3.8) is 0 Å². The van der Waals surface area contributed by atoms with Crippen LogP contribution in [-0.4, -0.2) is 47.7 Å². The molecule has 3 unspecified atom stereocenters. The van der Waals surface area contributed by atoms with Gasteiger partial charge in [0.15, 0.2) is 0 Å². The third-order valence-electron chi connectivity index (χ3n) is 7.10. The van der Waals surface area contributed by atoms with Gasteiger partial charge < -0.3 is 15.6 Å². The van der Waals surface area contributed by atoms with Gasteiger partial charge in [-0.1, -0.05) is 23.4 Å². The second kappa shape index (κ2) is 12.5. The minimum absolute atomic E-state index is 0.0507. The molecule has 0 aliphatic carbocycles. The average molecular weight is 542 g/mol. The van der Waals surface area contributed by atoms with Crippen molar-refractivity contribution in [1.29, 1.82) is 0 Å². The van der Waals surface area contributed by atoms with Crippen molar-refractivity contribution in [3.8, 4) is 17.6 Å². The molecule has 3 aromatic rings. The number of aromatic nitrogens is 1. The Morgan fingerprint density at radius 2 is 2.03 bits per heavy atom. The summed E-state index contributed by atoms with van der Waals surface area (Å²) in [5, 5.41) is 10.9. The summed E-state index contributed by atoms with van der Waals surface area (Å²) in [6.07, 6.45) is 3.86. The number of halogens is 3. The number of benzene rings is 2. The maximum Gasteiger partial charge on any atom is 0.303 e. The minimum Gasteiger partial charge on any atom is -0.497 e. The number of hydrogen-bond donors (Lipinski definition) is 2. The van der Waals surface area contributed by atoms with E-state index >= 15 is 0 Å². The van der Waals surface area contributed by atoms with Gasteiger partial charge in [-0.3, -0.25) is 14.7 Å².